The molecule has 3 rings (SSSR count). The first-order valence-electron chi connectivity index (χ1n) is 9.67. The first-order chi connectivity index (χ1) is 13.8. The van der Waals surface area contributed by atoms with Crippen molar-refractivity contribution >= 4 is 41.1 Å². The zero-order valence-corrected chi connectivity index (χ0v) is 18.2. The number of ether oxygens (including phenoxy) is 2. The minimum atomic E-state index is -0.721. The minimum absolute atomic E-state index is 0. The first kappa shape index (κ1) is 23.6. The van der Waals surface area contributed by atoms with E-state index in [9.17, 15) is 9.59 Å². The van der Waals surface area contributed by atoms with Crippen molar-refractivity contribution in [1.29, 1.82) is 0 Å². The molecule has 7 nitrogen and oxygen atoms in total. The first-order valence-corrected chi connectivity index (χ1v) is 9.67. The van der Waals surface area contributed by atoms with Gasteiger partial charge in [-0.05, 0) is 29.0 Å². The van der Waals surface area contributed by atoms with Gasteiger partial charge in [0.05, 0.1) is 19.7 Å². The second-order valence-corrected chi connectivity index (χ2v) is 7.58. The number of esters is 1. The molecule has 1 fully saturated rings. The van der Waals surface area contributed by atoms with Crippen LogP contribution in [-0.2, 0) is 14.3 Å². The Morgan fingerprint density at radius 3 is 2.70 bits per heavy atom. The van der Waals surface area contributed by atoms with Crippen LogP contribution in [-0.4, -0.2) is 53.6 Å². The van der Waals surface area contributed by atoms with Gasteiger partial charge in [0.2, 0.25) is 11.8 Å². The molecule has 0 aliphatic carbocycles. The number of amides is 1. The maximum Gasteiger partial charge on any atom is 0.328 e. The molecular weight excluding hydrogens is 406 g/mol. The number of carbonyl (C=O) groups is 2. The highest BCUT2D eigenvalue weighted by Crippen LogP contribution is 2.29. The molecule has 0 bridgehead atoms. The van der Waals surface area contributed by atoms with E-state index in [0.717, 1.165) is 16.3 Å². The number of fused-ring (bicyclic) bond motifs is 1. The van der Waals surface area contributed by atoms with Gasteiger partial charge in [-0.25, -0.2) is 9.78 Å². The fourth-order valence-corrected chi connectivity index (χ4v) is 3.50. The van der Waals surface area contributed by atoms with E-state index < -0.39 is 24.2 Å². The minimum Gasteiger partial charge on any atom is -0.472 e. The third-order valence-electron chi connectivity index (χ3n) is 5.29. The summed E-state index contributed by atoms with van der Waals surface area (Å²) in [6.45, 7) is 7.79. The molecule has 0 saturated carbocycles. The van der Waals surface area contributed by atoms with Crippen molar-refractivity contribution in [3.63, 3.8) is 0 Å². The molecule has 1 amide bonds. The van der Waals surface area contributed by atoms with E-state index in [2.05, 4.69) is 11.6 Å². The van der Waals surface area contributed by atoms with E-state index in [1.54, 1.807) is 12.3 Å². The van der Waals surface area contributed by atoms with E-state index in [0.29, 0.717) is 12.3 Å². The topological polar surface area (TPSA) is 94.8 Å². The van der Waals surface area contributed by atoms with E-state index in [1.165, 1.54) is 12.0 Å². The molecule has 0 radical (unpaired) electrons. The fourth-order valence-electron chi connectivity index (χ4n) is 3.50. The van der Waals surface area contributed by atoms with Crippen LogP contribution in [0.15, 0.2) is 37.0 Å². The largest absolute Gasteiger partial charge is 0.472 e. The number of hydrogen-bond donors (Lipinski definition) is 1. The van der Waals surface area contributed by atoms with Crippen LogP contribution in [0.5, 0.6) is 5.88 Å². The van der Waals surface area contributed by atoms with Gasteiger partial charge in [0.25, 0.3) is 0 Å². The Morgan fingerprint density at radius 2 is 2.07 bits per heavy atom. The Kier molecular flexibility index (Phi) is 7.81. The molecular formula is C22H28ClN3O4. The summed E-state index contributed by atoms with van der Waals surface area (Å²) in [6.07, 6.45) is 3.36. The Morgan fingerprint density at radius 1 is 1.33 bits per heavy atom. The lowest BCUT2D eigenvalue weighted by molar-refractivity contribution is -0.151. The summed E-state index contributed by atoms with van der Waals surface area (Å²) >= 11 is 0. The van der Waals surface area contributed by atoms with E-state index in [1.807, 2.05) is 38.1 Å². The third kappa shape index (κ3) is 4.74. The number of halogens is 1. The van der Waals surface area contributed by atoms with Gasteiger partial charge in [0.1, 0.15) is 12.1 Å². The summed E-state index contributed by atoms with van der Waals surface area (Å²) in [5.41, 5.74) is 6.99. The quantitative estimate of drug-likeness (QED) is 0.704. The van der Waals surface area contributed by atoms with Crippen molar-refractivity contribution in [2.45, 2.75) is 38.5 Å². The third-order valence-corrected chi connectivity index (χ3v) is 5.29. The van der Waals surface area contributed by atoms with Gasteiger partial charge in [0, 0.05) is 18.0 Å². The number of aromatic nitrogens is 1. The molecule has 1 aromatic heterocycles. The number of hydrogen-bond acceptors (Lipinski definition) is 6. The van der Waals surface area contributed by atoms with Crippen LogP contribution in [0.4, 0.5) is 0 Å². The summed E-state index contributed by atoms with van der Waals surface area (Å²) in [5.74, 6) is -0.332. The van der Waals surface area contributed by atoms with Gasteiger partial charge >= 0.3 is 5.97 Å². The number of nitrogens with two attached hydrogens (primary N) is 1. The van der Waals surface area contributed by atoms with Crippen molar-refractivity contribution in [2.24, 2.45) is 11.7 Å². The second kappa shape index (κ2) is 9.91. The second-order valence-electron chi connectivity index (χ2n) is 7.58. The Labute approximate surface area is 182 Å². The van der Waals surface area contributed by atoms with Crippen molar-refractivity contribution in [2.75, 3.05) is 13.7 Å². The standard InChI is InChI=1S/C22H27N3O4.ClH/c1-5-14-6-7-15-8-9-24-20(17(15)10-14)29-16-11-18(22(27)28-4)25(12-16)21(26)19(23)13(2)3;/h5-10,13,16,18-19H,1,11-12,23H2,2-4H3;1H/t16-,18+,19+;/m1./s1. The Bertz CT molecular complexity index is 934. The molecule has 8 heteroatoms. The summed E-state index contributed by atoms with van der Waals surface area (Å²) in [5, 5.41) is 1.83. The SMILES string of the molecule is C=Cc1ccc2ccnc(O[C@@H]3C[C@@H](C(=O)OC)N(C(=O)[C@@H](N)C(C)C)C3)c2c1.Cl. The van der Waals surface area contributed by atoms with Crippen LogP contribution in [0.3, 0.4) is 0 Å². The molecule has 30 heavy (non-hydrogen) atoms. The Balaban J connectivity index is 0.00000320. The van der Waals surface area contributed by atoms with Gasteiger partial charge in [-0.15, -0.1) is 12.4 Å². The molecule has 2 heterocycles. The zero-order chi connectivity index (χ0) is 21.1. The van der Waals surface area contributed by atoms with E-state index >= 15 is 0 Å². The van der Waals surface area contributed by atoms with Crippen LogP contribution in [0.2, 0.25) is 0 Å². The number of carbonyl (C=O) groups excluding carboxylic acids is 2. The van der Waals surface area contributed by atoms with Crippen molar-refractivity contribution in [3.8, 4) is 5.88 Å². The lowest BCUT2D eigenvalue weighted by Crippen LogP contribution is -2.50. The number of rotatable bonds is 6. The highest BCUT2D eigenvalue weighted by Gasteiger charge is 2.43. The molecule has 3 atom stereocenters. The molecule has 2 N–H and O–H groups in total. The lowest BCUT2D eigenvalue weighted by Gasteiger charge is -2.26. The summed E-state index contributed by atoms with van der Waals surface area (Å²) in [4.78, 5) is 30.9. The number of pyridine rings is 1. The molecule has 2 aromatic rings. The molecule has 1 aromatic carbocycles. The molecule has 1 saturated heterocycles. The maximum atomic E-state index is 12.8. The van der Waals surface area contributed by atoms with Crippen LogP contribution < -0.4 is 10.5 Å². The molecule has 0 unspecified atom stereocenters. The predicted molar refractivity (Wildman–Crippen MR) is 118 cm³/mol. The summed E-state index contributed by atoms with van der Waals surface area (Å²) in [6, 6.07) is 6.39. The molecule has 0 spiro atoms. The van der Waals surface area contributed by atoms with Gasteiger partial charge in [-0.2, -0.15) is 0 Å². The molecule has 1 aliphatic rings. The zero-order valence-electron chi connectivity index (χ0n) is 17.4. The van der Waals surface area contributed by atoms with Crippen molar-refractivity contribution in [3.05, 3.63) is 42.6 Å². The smallest absolute Gasteiger partial charge is 0.328 e. The van der Waals surface area contributed by atoms with Crippen LogP contribution in [0, 0.1) is 5.92 Å². The number of nitrogens with zero attached hydrogens (tertiary/aromatic N) is 2. The van der Waals surface area contributed by atoms with Crippen LogP contribution in [0.1, 0.15) is 25.8 Å². The average Bonchev–Trinajstić information content (AvgIpc) is 3.15. The average molecular weight is 434 g/mol. The number of methoxy groups -OCH3 is 1. The Hall–Kier alpha value is -2.64. The molecule has 162 valence electrons. The summed E-state index contributed by atoms with van der Waals surface area (Å²) < 4.78 is 11.0. The normalized spacial score (nSPS) is 19.3. The van der Waals surface area contributed by atoms with E-state index in [-0.39, 0.29) is 30.8 Å². The summed E-state index contributed by atoms with van der Waals surface area (Å²) in [7, 11) is 1.31. The van der Waals surface area contributed by atoms with E-state index in [4.69, 9.17) is 15.2 Å². The monoisotopic (exact) mass is 433 g/mol. The van der Waals surface area contributed by atoms with Gasteiger partial charge in [0.15, 0.2) is 0 Å². The highest BCUT2D eigenvalue weighted by atomic mass is 35.5. The van der Waals surface area contributed by atoms with Gasteiger partial charge in [-0.3, -0.25) is 4.79 Å². The van der Waals surface area contributed by atoms with Crippen LogP contribution >= 0.6 is 12.4 Å². The number of benzene rings is 1. The number of likely N-dealkylation sites (tertiary alicyclic amines) is 1. The molecule has 1 aliphatic heterocycles. The van der Waals surface area contributed by atoms with Gasteiger partial charge in [-0.1, -0.05) is 38.6 Å². The predicted octanol–water partition coefficient (Wildman–Crippen LogP) is 2.80. The van der Waals surface area contributed by atoms with Crippen molar-refractivity contribution in [1.82, 2.24) is 9.88 Å². The van der Waals surface area contributed by atoms with Crippen LogP contribution in [0.25, 0.3) is 16.8 Å². The lowest BCUT2D eigenvalue weighted by atomic mass is 10.0. The van der Waals surface area contributed by atoms with Crippen molar-refractivity contribution < 1.29 is 19.1 Å². The highest BCUT2D eigenvalue weighted by molar-refractivity contribution is 5.89. The fraction of sp³-hybridized carbons (Fsp3) is 0.409. The maximum absolute atomic E-state index is 12.8. The van der Waals surface area contributed by atoms with Gasteiger partial charge < -0.3 is 20.1 Å².